The van der Waals surface area contributed by atoms with Crippen molar-refractivity contribution in [1.82, 2.24) is 4.98 Å². The molecule has 134 valence electrons. The quantitative estimate of drug-likeness (QED) is 0.745. The van der Waals surface area contributed by atoms with E-state index in [4.69, 9.17) is 9.15 Å². The van der Waals surface area contributed by atoms with Crippen LogP contribution in [0.2, 0.25) is 0 Å². The number of nitrogens with zero attached hydrogens (tertiary/aromatic N) is 1. The lowest BCUT2D eigenvalue weighted by atomic mass is 10.2. The molecule has 1 heterocycles. The number of aromatic nitrogens is 1. The van der Waals surface area contributed by atoms with Crippen LogP contribution in [0.5, 0.6) is 5.75 Å². The lowest BCUT2D eigenvalue weighted by Crippen LogP contribution is -2.15. The van der Waals surface area contributed by atoms with E-state index < -0.39 is 17.5 Å². The van der Waals surface area contributed by atoms with Crippen molar-refractivity contribution < 1.29 is 22.7 Å². The predicted molar refractivity (Wildman–Crippen MR) is 91.9 cm³/mol. The summed E-state index contributed by atoms with van der Waals surface area (Å²) in [6.07, 6.45) is -0.0660. The van der Waals surface area contributed by atoms with E-state index >= 15 is 0 Å². The van der Waals surface area contributed by atoms with Crippen molar-refractivity contribution in [3.8, 4) is 17.2 Å². The van der Waals surface area contributed by atoms with Gasteiger partial charge in [-0.2, -0.15) is 0 Å². The van der Waals surface area contributed by atoms with Gasteiger partial charge >= 0.3 is 0 Å². The molecule has 1 amide bonds. The number of hydrogen-bond donors (Lipinski definition) is 1. The van der Waals surface area contributed by atoms with Crippen LogP contribution in [0.15, 0.2) is 46.9 Å². The molecule has 5 nitrogen and oxygen atoms in total. The Bertz CT molecular complexity index is 954. The van der Waals surface area contributed by atoms with Crippen LogP contribution in [0.4, 0.5) is 14.5 Å². The fourth-order valence-electron chi connectivity index (χ4n) is 2.46. The van der Waals surface area contributed by atoms with Crippen molar-refractivity contribution in [3.63, 3.8) is 0 Å². The van der Waals surface area contributed by atoms with Gasteiger partial charge in [0.05, 0.1) is 24.8 Å². The number of ether oxygens (including phenoxy) is 1. The zero-order valence-electron chi connectivity index (χ0n) is 14.2. The molecule has 2 aromatic carbocycles. The molecule has 0 saturated carbocycles. The van der Waals surface area contributed by atoms with E-state index in [1.165, 1.54) is 6.07 Å². The molecule has 0 aliphatic carbocycles. The number of aryl methyl sites for hydroxylation is 1. The summed E-state index contributed by atoms with van der Waals surface area (Å²) in [6.45, 7) is 1.70. The van der Waals surface area contributed by atoms with Crippen LogP contribution in [0.1, 0.15) is 11.5 Å². The Morgan fingerprint density at radius 1 is 1.19 bits per heavy atom. The molecular weight excluding hydrogens is 342 g/mol. The van der Waals surface area contributed by atoms with E-state index in [2.05, 4.69) is 10.3 Å². The van der Waals surface area contributed by atoms with Crippen molar-refractivity contribution in [2.75, 3.05) is 12.4 Å². The Hall–Kier alpha value is -3.22. The van der Waals surface area contributed by atoms with Gasteiger partial charge < -0.3 is 14.5 Å². The first-order chi connectivity index (χ1) is 12.5. The first kappa shape index (κ1) is 17.6. The summed E-state index contributed by atoms with van der Waals surface area (Å²) in [7, 11) is 1.55. The molecule has 0 fully saturated rings. The monoisotopic (exact) mass is 358 g/mol. The molecule has 0 saturated heterocycles. The number of methoxy groups -OCH3 is 1. The minimum absolute atomic E-state index is 0.0660. The third kappa shape index (κ3) is 3.72. The van der Waals surface area contributed by atoms with Gasteiger partial charge in [0.2, 0.25) is 11.8 Å². The maximum atomic E-state index is 13.2. The van der Waals surface area contributed by atoms with E-state index in [0.29, 0.717) is 28.7 Å². The van der Waals surface area contributed by atoms with Gasteiger partial charge in [-0.3, -0.25) is 4.79 Å². The highest BCUT2D eigenvalue weighted by atomic mass is 19.2. The second-order valence-corrected chi connectivity index (χ2v) is 5.58. The number of carbonyl (C=O) groups excluding carboxylic acids is 1. The number of nitrogens with one attached hydrogen (secondary N) is 1. The average Bonchev–Trinajstić information content (AvgIpc) is 2.98. The van der Waals surface area contributed by atoms with Crippen molar-refractivity contribution in [1.29, 1.82) is 0 Å². The van der Waals surface area contributed by atoms with Crippen LogP contribution in [-0.2, 0) is 11.2 Å². The zero-order valence-corrected chi connectivity index (χ0v) is 14.2. The maximum Gasteiger partial charge on any atom is 0.230 e. The van der Waals surface area contributed by atoms with Gasteiger partial charge in [-0.05, 0) is 31.2 Å². The van der Waals surface area contributed by atoms with Crippen LogP contribution in [-0.4, -0.2) is 18.0 Å². The first-order valence-electron chi connectivity index (χ1n) is 7.82. The number of oxazole rings is 1. The fourth-order valence-corrected chi connectivity index (χ4v) is 2.46. The normalized spacial score (nSPS) is 10.6. The van der Waals surface area contributed by atoms with Crippen LogP contribution >= 0.6 is 0 Å². The Labute approximate surface area is 148 Å². The van der Waals surface area contributed by atoms with Crippen molar-refractivity contribution in [2.45, 2.75) is 13.3 Å². The van der Waals surface area contributed by atoms with Gasteiger partial charge in [0.1, 0.15) is 11.5 Å². The van der Waals surface area contributed by atoms with Crippen LogP contribution in [0, 0.1) is 18.6 Å². The number of amides is 1. The molecular formula is C19H16F2N2O3. The van der Waals surface area contributed by atoms with Gasteiger partial charge in [-0.25, -0.2) is 13.8 Å². The van der Waals surface area contributed by atoms with Gasteiger partial charge in [-0.1, -0.05) is 12.1 Å². The van der Waals surface area contributed by atoms with E-state index in [1.807, 2.05) is 12.1 Å². The summed E-state index contributed by atoms with van der Waals surface area (Å²) in [5.74, 6) is -0.983. The van der Waals surface area contributed by atoms with Gasteiger partial charge in [0, 0.05) is 11.8 Å². The molecule has 7 heteroatoms. The Morgan fingerprint density at radius 2 is 1.96 bits per heavy atom. The number of anilines is 1. The third-order valence-electron chi connectivity index (χ3n) is 3.76. The summed E-state index contributed by atoms with van der Waals surface area (Å²) < 4.78 is 37.1. The zero-order chi connectivity index (χ0) is 18.7. The van der Waals surface area contributed by atoms with E-state index in [9.17, 15) is 13.6 Å². The minimum Gasteiger partial charge on any atom is -0.496 e. The number of rotatable bonds is 5. The smallest absolute Gasteiger partial charge is 0.230 e. The standard InChI is InChI=1S/C19H16F2N2O3/c1-11-16(10-18(24)22-12-7-8-14(20)15(21)9-12)23-19(26-11)13-5-3-4-6-17(13)25-2/h3-9H,10H2,1-2H3,(H,22,24). The summed E-state index contributed by atoms with van der Waals surface area (Å²) in [4.78, 5) is 16.5. The largest absolute Gasteiger partial charge is 0.496 e. The maximum absolute atomic E-state index is 13.2. The Balaban J connectivity index is 1.77. The predicted octanol–water partition coefficient (Wildman–Crippen LogP) is 4.12. The molecule has 3 aromatic rings. The molecule has 0 bridgehead atoms. The number of hydrogen-bond acceptors (Lipinski definition) is 4. The number of para-hydroxylation sites is 1. The Kier molecular flexibility index (Phi) is 4.97. The number of benzene rings is 2. The average molecular weight is 358 g/mol. The fraction of sp³-hybridized carbons (Fsp3) is 0.158. The highest BCUT2D eigenvalue weighted by molar-refractivity contribution is 5.92. The summed E-state index contributed by atoms with van der Waals surface area (Å²) in [6, 6.07) is 10.4. The molecule has 0 aliphatic heterocycles. The molecule has 0 unspecified atom stereocenters. The molecule has 0 atom stereocenters. The molecule has 3 rings (SSSR count). The lowest BCUT2D eigenvalue weighted by Gasteiger charge is -2.04. The highest BCUT2D eigenvalue weighted by Crippen LogP contribution is 2.30. The summed E-state index contributed by atoms with van der Waals surface area (Å²) in [5, 5.41) is 2.51. The Morgan fingerprint density at radius 3 is 2.69 bits per heavy atom. The van der Waals surface area contributed by atoms with Crippen molar-refractivity contribution in [2.24, 2.45) is 0 Å². The molecule has 0 spiro atoms. The minimum atomic E-state index is -1.03. The molecule has 0 radical (unpaired) electrons. The van der Waals surface area contributed by atoms with E-state index in [1.54, 1.807) is 26.2 Å². The van der Waals surface area contributed by atoms with Crippen LogP contribution in [0.25, 0.3) is 11.5 Å². The lowest BCUT2D eigenvalue weighted by molar-refractivity contribution is -0.115. The molecule has 26 heavy (non-hydrogen) atoms. The molecule has 1 N–H and O–H groups in total. The summed E-state index contributed by atoms with van der Waals surface area (Å²) >= 11 is 0. The number of carbonyl (C=O) groups is 1. The van der Waals surface area contributed by atoms with Crippen LogP contribution < -0.4 is 10.1 Å². The van der Waals surface area contributed by atoms with Crippen LogP contribution in [0.3, 0.4) is 0 Å². The summed E-state index contributed by atoms with van der Waals surface area (Å²) in [5.41, 5.74) is 1.29. The second-order valence-electron chi connectivity index (χ2n) is 5.58. The number of halogens is 2. The molecule has 1 aromatic heterocycles. The van der Waals surface area contributed by atoms with Crippen molar-refractivity contribution in [3.05, 3.63) is 65.6 Å². The second kappa shape index (κ2) is 7.35. The first-order valence-corrected chi connectivity index (χ1v) is 7.82. The van der Waals surface area contributed by atoms with E-state index in [0.717, 1.165) is 12.1 Å². The third-order valence-corrected chi connectivity index (χ3v) is 3.76. The topological polar surface area (TPSA) is 64.4 Å². The van der Waals surface area contributed by atoms with Gasteiger partial charge in [-0.15, -0.1) is 0 Å². The van der Waals surface area contributed by atoms with E-state index in [-0.39, 0.29) is 12.1 Å². The van der Waals surface area contributed by atoms with Crippen molar-refractivity contribution >= 4 is 11.6 Å². The highest BCUT2D eigenvalue weighted by Gasteiger charge is 2.17. The van der Waals surface area contributed by atoms with Gasteiger partial charge in [0.25, 0.3) is 0 Å². The SMILES string of the molecule is COc1ccccc1-c1nc(CC(=O)Nc2ccc(F)c(F)c2)c(C)o1. The molecule has 0 aliphatic rings. The van der Waals surface area contributed by atoms with Gasteiger partial charge in [0.15, 0.2) is 11.6 Å².